The van der Waals surface area contributed by atoms with Crippen LogP contribution in [0.15, 0.2) is 24.5 Å². The summed E-state index contributed by atoms with van der Waals surface area (Å²) < 4.78 is 29.7. The zero-order valence-electron chi connectivity index (χ0n) is 17.4. The fourth-order valence-corrected chi connectivity index (χ4v) is 3.37. The summed E-state index contributed by atoms with van der Waals surface area (Å²) in [7, 11) is 0. The number of ether oxygens (including phenoxy) is 1. The highest BCUT2D eigenvalue weighted by Gasteiger charge is 2.35. The highest BCUT2D eigenvalue weighted by molar-refractivity contribution is 6.03. The molecule has 2 N–H and O–H groups in total. The van der Waals surface area contributed by atoms with Crippen LogP contribution in [0.4, 0.5) is 8.78 Å². The quantitative estimate of drug-likeness (QED) is 0.661. The molecular formula is C21H24F2N4O4. The van der Waals surface area contributed by atoms with E-state index in [1.165, 1.54) is 12.4 Å². The summed E-state index contributed by atoms with van der Waals surface area (Å²) in [6.07, 6.45) is -0.407. The standard InChI is InChI=1S/C21H24F2N4O4/c1-11-6-14(8-26-20(11)31-10-17(22)23)13(3)27-9-16-15(21(27)30)4-5-24-18(16)19(29)25-7-12(2)28/h4-6,8,12-13,17,28H,7,9-10H2,1-3H3,(H,25,29)/t12-,13?/m1/s1. The maximum absolute atomic E-state index is 13.0. The van der Waals surface area contributed by atoms with Gasteiger partial charge in [-0.05, 0) is 38.5 Å². The highest BCUT2D eigenvalue weighted by atomic mass is 19.3. The molecule has 2 amide bonds. The first kappa shape index (κ1) is 22.5. The fourth-order valence-electron chi connectivity index (χ4n) is 3.37. The first-order valence-electron chi connectivity index (χ1n) is 9.81. The van der Waals surface area contributed by atoms with Crippen molar-refractivity contribution in [3.8, 4) is 5.88 Å². The lowest BCUT2D eigenvalue weighted by atomic mass is 10.1. The molecule has 0 spiro atoms. The maximum Gasteiger partial charge on any atom is 0.272 e. The van der Waals surface area contributed by atoms with Crippen LogP contribution >= 0.6 is 0 Å². The molecule has 2 aromatic heterocycles. The molecule has 3 heterocycles. The van der Waals surface area contributed by atoms with Crippen molar-refractivity contribution in [2.24, 2.45) is 0 Å². The van der Waals surface area contributed by atoms with Gasteiger partial charge in [0.2, 0.25) is 5.88 Å². The molecule has 2 atom stereocenters. The van der Waals surface area contributed by atoms with E-state index >= 15 is 0 Å². The van der Waals surface area contributed by atoms with Gasteiger partial charge in [-0.2, -0.15) is 0 Å². The minimum absolute atomic E-state index is 0.0726. The Morgan fingerprint density at radius 2 is 2.10 bits per heavy atom. The molecular weight excluding hydrogens is 410 g/mol. The van der Waals surface area contributed by atoms with Gasteiger partial charge in [0.15, 0.2) is 6.61 Å². The summed E-state index contributed by atoms with van der Waals surface area (Å²) in [6.45, 7) is 4.58. The van der Waals surface area contributed by atoms with E-state index in [9.17, 15) is 23.5 Å². The Balaban J connectivity index is 1.79. The normalized spacial score (nSPS) is 15.1. The van der Waals surface area contributed by atoms with Crippen molar-refractivity contribution in [2.45, 2.75) is 45.9 Å². The molecule has 0 aliphatic carbocycles. The largest absolute Gasteiger partial charge is 0.471 e. The van der Waals surface area contributed by atoms with Crippen LogP contribution in [0.25, 0.3) is 0 Å². The number of nitrogens with zero attached hydrogens (tertiary/aromatic N) is 3. The summed E-state index contributed by atoms with van der Waals surface area (Å²) >= 11 is 0. The highest BCUT2D eigenvalue weighted by Crippen LogP contribution is 2.33. The van der Waals surface area contributed by atoms with E-state index in [0.717, 1.165) is 0 Å². The Bertz CT molecular complexity index is 984. The monoisotopic (exact) mass is 434 g/mol. The van der Waals surface area contributed by atoms with Gasteiger partial charge >= 0.3 is 0 Å². The number of aliphatic hydroxyl groups is 1. The van der Waals surface area contributed by atoms with Crippen molar-refractivity contribution in [3.63, 3.8) is 0 Å². The average molecular weight is 434 g/mol. The van der Waals surface area contributed by atoms with Gasteiger partial charge in [0, 0.05) is 42.2 Å². The number of aromatic nitrogens is 2. The average Bonchev–Trinajstić information content (AvgIpc) is 3.07. The van der Waals surface area contributed by atoms with Crippen molar-refractivity contribution < 1.29 is 28.2 Å². The van der Waals surface area contributed by atoms with E-state index in [1.54, 1.807) is 30.9 Å². The van der Waals surface area contributed by atoms with Crippen LogP contribution in [0.2, 0.25) is 0 Å². The second kappa shape index (κ2) is 9.34. The van der Waals surface area contributed by atoms with E-state index in [4.69, 9.17) is 4.74 Å². The predicted molar refractivity (Wildman–Crippen MR) is 107 cm³/mol. The minimum atomic E-state index is -2.60. The van der Waals surface area contributed by atoms with Gasteiger partial charge in [-0.25, -0.2) is 13.8 Å². The summed E-state index contributed by atoms with van der Waals surface area (Å²) in [6, 6.07) is 2.92. The molecule has 1 aliphatic heterocycles. The first-order chi connectivity index (χ1) is 14.7. The Hall–Kier alpha value is -3.14. The maximum atomic E-state index is 13.0. The van der Waals surface area contributed by atoms with E-state index in [2.05, 4.69) is 15.3 Å². The lowest BCUT2D eigenvalue weighted by Crippen LogP contribution is -2.32. The van der Waals surface area contributed by atoms with Gasteiger partial charge in [-0.3, -0.25) is 14.6 Å². The number of alkyl halides is 2. The second-order valence-corrected chi connectivity index (χ2v) is 7.45. The topological polar surface area (TPSA) is 105 Å². The third-order valence-corrected chi connectivity index (χ3v) is 5.00. The zero-order valence-corrected chi connectivity index (χ0v) is 17.4. The Labute approximate surface area is 178 Å². The number of hydrogen-bond donors (Lipinski definition) is 2. The third kappa shape index (κ3) is 4.96. The second-order valence-electron chi connectivity index (χ2n) is 7.45. The number of amides is 2. The van der Waals surface area contributed by atoms with Crippen molar-refractivity contribution in [1.29, 1.82) is 0 Å². The number of fused-ring (bicyclic) bond motifs is 1. The molecule has 0 radical (unpaired) electrons. The van der Waals surface area contributed by atoms with Gasteiger partial charge in [-0.1, -0.05) is 0 Å². The van der Waals surface area contributed by atoms with E-state index in [0.29, 0.717) is 22.3 Å². The fraction of sp³-hybridized carbons (Fsp3) is 0.429. The molecule has 10 heteroatoms. The van der Waals surface area contributed by atoms with Crippen LogP contribution in [0.1, 0.15) is 57.4 Å². The number of rotatable bonds is 8. The lowest BCUT2D eigenvalue weighted by molar-refractivity contribution is 0.0712. The smallest absolute Gasteiger partial charge is 0.272 e. The number of nitrogens with one attached hydrogen (secondary N) is 1. The van der Waals surface area contributed by atoms with Gasteiger partial charge in [0.05, 0.1) is 12.1 Å². The van der Waals surface area contributed by atoms with Crippen molar-refractivity contribution in [1.82, 2.24) is 20.2 Å². The number of halogens is 2. The van der Waals surface area contributed by atoms with Gasteiger partial charge in [0.1, 0.15) is 5.69 Å². The Morgan fingerprint density at radius 3 is 2.74 bits per heavy atom. The number of carbonyl (C=O) groups excluding carboxylic acids is 2. The lowest BCUT2D eigenvalue weighted by Gasteiger charge is -2.25. The van der Waals surface area contributed by atoms with Crippen LogP contribution < -0.4 is 10.1 Å². The predicted octanol–water partition coefficient (Wildman–Crippen LogP) is 2.26. The van der Waals surface area contributed by atoms with Crippen molar-refractivity contribution in [3.05, 3.63) is 52.5 Å². The van der Waals surface area contributed by atoms with Gasteiger partial charge in [0.25, 0.3) is 18.2 Å². The molecule has 31 heavy (non-hydrogen) atoms. The van der Waals surface area contributed by atoms with Crippen LogP contribution in [0.3, 0.4) is 0 Å². The third-order valence-electron chi connectivity index (χ3n) is 5.00. The van der Waals surface area contributed by atoms with Gasteiger partial charge in [-0.15, -0.1) is 0 Å². The molecule has 0 saturated carbocycles. The molecule has 3 rings (SSSR count). The number of hydrogen-bond acceptors (Lipinski definition) is 6. The molecule has 166 valence electrons. The number of pyridine rings is 2. The molecule has 2 aromatic rings. The van der Waals surface area contributed by atoms with E-state index in [1.807, 2.05) is 6.92 Å². The van der Waals surface area contributed by atoms with E-state index in [-0.39, 0.29) is 36.6 Å². The number of aliphatic hydroxyl groups excluding tert-OH is 1. The van der Waals surface area contributed by atoms with E-state index < -0.39 is 25.0 Å². The van der Waals surface area contributed by atoms with Crippen molar-refractivity contribution >= 4 is 11.8 Å². The Kier molecular flexibility index (Phi) is 6.79. The Morgan fingerprint density at radius 1 is 1.35 bits per heavy atom. The molecule has 1 aliphatic rings. The van der Waals surface area contributed by atoms with Crippen molar-refractivity contribution in [2.75, 3.05) is 13.2 Å². The summed E-state index contributed by atoms with van der Waals surface area (Å²) in [5, 5.41) is 12.0. The number of aryl methyl sites for hydroxylation is 1. The summed E-state index contributed by atoms with van der Waals surface area (Å²) in [4.78, 5) is 35.3. The SMILES string of the molecule is Cc1cc(C(C)N2Cc3c(ccnc3C(=O)NC[C@@H](C)O)C2=O)cnc1OCC(F)F. The minimum Gasteiger partial charge on any atom is -0.471 e. The van der Waals surface area contributed by atoms with Crippen LogP contribution in [0.5, 0.6) is 5.88 Å². The molecule has 0 fully saturated rings. The van der Waals surface area contributed by atoms with Crippen LogP contribution in [-0.2, 0) is 6.54 Å². The molecule has 8 nitrogen and oxygen atoms in total. The van der Waals surface area contributed by atoms with Crippen LogP contribution in [-0.4, -0.2) is 57.5 Å². The summed E-state index contributed by atoms with van der Waals surface area (Å²) in [5.74, 6) is -0.586. The molecule has 0 aromatic carbocycles. The van der Waals surface area contributed by atoms with Gasteiger partial charge < -0.3 is 20.1 Å². The zero-order chi connectivity index (χ0) is 22.7. The molecule has 0 saturated heterocycles. The summed E-state index contributed by atoms with van der Waals surface area (Å²) in [5.41, 5.74) is 2.34. The number of carbonyl (C=O) groups is 2. The molecule has 0 bridgehead atoms. The molecule has 1 unspecified atom stereocenters. The first-order valence-corrected chi connectivity index (χ1v) is 9.81. The van der Waals surface area contributed by atoms with Crippen LogP contribution in [0, 0.1) is 6.92 Å².